The minimum atomic E-state index is -0.339. The number of amides is 1. The highest BCUT2D eigenvalue weighted by Gasteiger charge is 2.16. The standard InChI is InChI=1S/C20H16N2O4S/c1-24-13-7-8-14(17(10-13)25-2)15-11-27-20(21-15)22-19(23)18-9-12-5-3-4-6-16(12)26-18/h3-11H,1-2H3,(H,21,22,23). The number of methoxy groups -OCH3 is 2. The maximum atomic E-state index is 12.5. The Balaban J connectivity index is 1.57. The van der Waals surface area contributed by atoms with E-state index in [9.17, 15) is 4.79 Å². The molecule has 4 aromatic rings. The number of rotatable bonds is 5. The van der Waals surface area contributed by atoms with Crippen LogP contribution in [0.1, 0.15) is 10.6 Å². The number of aromatic nitrogens is 1. The predicted molar refractivity (Wildman–Crippen MR) is 105 cm³/mol. The van der Waals surface area contributed by atoms with Crippen LogP contribution >= 0.6 is 11.3 Å². The van der Waals surface area contributed by atoms with E-state index in [1.54, 1.807) is 26.4 Å². The maximum absolute atomic E-state index is 12.5. The van der Waals surface area contributed by atoms with Crippen molar-refractivity contribution in [3.8, 4) is 22.8 Å². The Morgan fingerprint density at radius 3 is 2.74 bits per heavy atom. The molecule has 0 aliphatic rings. The lowest BCUT2D eigenvalue weighted by Crippen LogP contribution is -2.10. The molecule has 136 valence electrons. The topological polar surface area (TPSA) is 73.6 Å². The molecular formula is C20H16N2O4S. The Bertz CT molecular complexity index is 1080. The number of para-hydroxylation sites is 1. The molecule has 2 aromatic heterocycles. The van der Waals surface area contributed by atoms with Gasteiger partial charge in [0.15, 0.2) is 10.9 Å². The highest BCUT2D eigenvalue weighted by molar-refractivity contribution is 7.14. The van der Waals surface area contributed by atoms with E-state index >= 15 is 0 Å². The summed E-state index contributed by atoms with van der Waals surface area (Å²) in [6.07, 6.45) is 0. The minimum Gasteiger partial charge on any atom is -0.497 e. The van der Waals surface area contributed by atoms with Crippen molar-refractivity contribution in [1.29, 1.82) is 0 Å². The Morgan fingerprint density at radius 2 is 1.96 bits per heavy atom. The Hall–Kier alpha value is -3.32. The van der Waals surface area contributed by atoms with E-state index in [1.165, 1.54) is 11.3 Å². The molecule has 0 aliphatic carbocycles. The lowest BCUT2D eigenvalue weighted by atomic mass is 10.1. The lowest BCUT2D eigenvalue weighted by molar-refractivity contribution is 0.0998. The van der Waals surface area contributed by atoms with Crippen LogP contribution in [0.3, 0.4) is 0 Å². The van der Waals surface area contributed by atoms with E-state index in [2.05, 4.69) is 10.3 Å². The number of fused-ring (bicyclic) bond motifs is 1. The zero-order valence-corrected chi connectivity index (χ0v) is 15.5. The Morgan fingerprint density at radius 1 is 1.11 bits per heavy atom. The number of benzene rings is 2. The molecule has 0 unspecified atom stereocenters. The first-order valence-corrected chi connectivity index (χ1v) is 9.04. The van der Waals surface area contributed by atoms with Crippen molar-refractivity contribution in [3.05, 3.63) is 59.7 Å². The largest absolute Gasteiger partial charge is 0.497 e. The van der Waals surface area contributed by atoms with Gasteiger partial charge in [-0.25, -0.2) is 4.98 Å². The number of carbonyl (C=O) groups is 1. The van der Waals surface area contributed by atoms with Gasteiger partial charge in [-0.2, -0.15) is 0 Å². The molecule has 2 aromatic carbocycles. The second kappa shape index (κ2) is 7.13. The van der Waals surface area contributed by atoms with Gasteiger partial charge in [-0.1, -0.05) is 18.2 Å². The fourth-order valence-corrected chi connectivity index (χ4v) is 3.42. The molecule has 0 bridgehead atoms. The maximum Gasteiger partial charge on any atom is 0.293 e. The van der Waals surface area contributed by atoms with Gasteiger partial charge in [0, 0.05) is 22.4 Å². The van der Waals surface area contributed by atoms with Crippen LogP contribution in [0, 0.1) is 0 Å². The molecule has 27 heavy (non-hydrogen) atoms. The number of thiazole rings is 1. The zero-order valence-electron chi connectivity index (χ0n) is 14.7. The van der Waals surface area contributed by atoms with Crippen LogP contribution in [-0.4, -0.2) is 25.1 Å². The predicted octanol–water partition coefficient (Wildman–Crippen LogP) is 4.83. The van der Waals surface area contributed by atoms with Crippen LogP contribution in [-0.2, 0) is 0 Å². The lowest BCUT2D eigenvalue weighted by Gasteiger charge is -2.08. The highest BCUT2D eigenvalue weighted by Crippen LogP contribution is 2.35. The average molecular weight is 380 g/mol. The summed E-state index contributed by atoms with van der Waals surface area (Å²) in [5.74, 6) is 1.25. The number of anilines is 1. The van der Waals surface area contributed by atoms with Crippen molar-refractivity contribution in [2.75, 3.05) is 19.5 Å². The van der Waals surface area contributed by atoms with E-state index in [-0.39, 0.29) is 11.7 Å². The summed E-state index contributed by atoms with van der Waals surface area (Å²) in [6, 6.07) is 14.7. The first-order valence-electron chi connectivity index (χ1n) is 8.16. The second-order valence-electron chi connectivity index (χ2n) is 5.71. The van der Waals surface area contributed by atoms with Crippen LogP contribution in [0.25, 0.3) is 22.2 Å². The molecule has 0 aliphatic heterocycles. The number of furan rings is 1. The smallest absolute Gasteiger partial charge is 0.293 e. The fraction of sp³-hybridized carbons (Fsp3) is 0.100. The van der Waals surface area contributed by atoms with Crippen LogP contribution in [0.2, 0.25) is 0 Å². The summed E-state index contributed by atoms with van der Waals surface area (Å²) in [5.41, 5.74) is 2.20. The highest BCUT2D eigenvalue weighted by atomic mass is 32.1. The number of carbonyl (C=O) groups excluding carboxylic acids is 1. The van der Waals surface area contributed by atoms with Gasteiger partial charge < -0.3 is 13.9 Å². The third-order valence-corrected chi connectivity index (χ3v) is 4.82. The van der Waals surface area contributed by atoms with E-state index in [0.717, 1.165) is 10.9 Å². The monoisotopic (exact) mass is 380 g/mol. The van der Waals surface area contributed by atoms with Gasteiger partial charge in [0.05, 0.1) is 19.9 Å². The second-order valence-corrected chi connectivity index (χ2v) is 6.56. The molecular weight excluding hydrogens is 364 g/mol. The Labute approximate surface area is 159 Å². The normalized spacial score (nSPS) is 10.7. The molecule has 0 spiro atoms. The molecule has 0 radical (unpaired) electrons. The van der Waals surface area contributed by atoms with Crippen molar-refractivity contribution in [1.82, 2.24) is 4.98 Å². The number of hydrogen-bond donors (Lipinski definition) is 1. The van der Waals surface area contributed by atoms with Gasteiger partial charge in [0.25, 0.3) is 5.91 Å². The molecule has 7 heteroatoms. The van der Waals surface area contributed by atoms with Gasteiger partial charge in [-0.15, -0.1) is 11.3 Å². The van der Waals surface area contributed by atoms with Crippen LogP contribution < -0.4 is 14.8 Å². The summed E-state index contributed by atoms with van der Waals surface area (Å²) in [6.45, 7) is 0. The average Bonchev–Trinajstić information content (AvgIpc) is 3.34. The quantitative estimate of drug-likeness (QED) is 0.537. The van der Waals surface area contributed by atoms with Crippen LogP contribution in [0.5, 0.6) is 11.5 Å². The van der Waals surface area contributed by atoms with Gasteiger partial charge >= 0.3 is 0 Å². The number of hydrogen-bond acceptors (Lipinski definition) is 6. The minimum absolute atomic E-state index is 0.245. The molecule has 6 nitrogen and oxygen atoms in total. The van der Waals surface area contributed by atoms with Gasteiger partial charge in [-0.3, -0.25) is 10.1 Å². The molecule has 4 rings (SSSR count). The van der Waals surface area contributed by atoms with Crippen molar-refractivity contribution in [2.24, 2.45) is 0 Å². The van der Waals surface area contributed by atoms with E-state index in [1.807, 2.05) is 41.8 Å². The molecule has 0 atom stereocenters. The first kappa shape index (κ1) is 17.1. The third-order valence-electron chi connectivity index (χ3n) is 4.06. The van der Waals surface area contributed by atoms with Crippen molar-refractivity contribution < 1.29 is 18.7 Å². The fourth-order valence-electron chi connectivity index (χ4n) is 2.72. The molecule has 0 saturated carbocycles. The summed E-state index contributed by atoms with van der Waals surface area (Å²) >= 11 is 1.33. The number of nitrogens with zero attached hydrogens (tertiary/aromatic N) is 1. The first-order chi connectivity index (χ1) is 13.2. The third kappa shape index (κ3) is 3.37. The summed E-state index contributed by atoms with van der Waals surface area (Å²) in [4.78, 5) is 16.9. The van der Waals surface area contributed by atoms with Gasteiger partial charge in [0.1, 0.15) is 17.1 Å². The van der Waals surface area contributed by atoms with Gasteiger partial charge in [0.2, 0.25) is 0 Å². The van der Waals surface area contributed by atoms with Gasteiger partial charge in [-0.05, 0) is 24.3 Å². The number of ether oxygens (including phenoxy) is 2. The summed E-state index contributed by atoms with van der Waals surface area (Å²) < 4.78 is 16.2. The SMILES string of the molecule is COc1ccc(-c2csc(NC(=O)c3cc4ccccc4o3)n2)c(OC)c1. The van der Waals surface area contributed by atoms with Crippen molar-refractivity contribution in [3.63, 3.8) is 0 Å². The Kier molecular flexibility index (Phi) is 4.52. The molecule has 1 amide bonds. The molecule has 2 heterocycles. The number of nitrogens with one attached hydrogen (secondary N) is 1. The van der Waals surface area contributed by atoms with E-state index in [4.69, 9.17) is 13.9 Å². The van der Waals surface area contributed by atoms with Crippen molar-refractivity contribution >= 4 is 33.3 Å². The molecule has 1 N–H and O–H groups in total. The van der Waals surface area contributed by atoms with E-state index < -0.39 is 0 Å². The van der Waals surface area contributed by atoms with E-state index in [0.29, 0.717) is 27.9 Å². The summed E-state index contributed by atoms with van der Waals surface area (Å²) in [7, 11) is 3.19. The van der Waals surface area contributed by atoms with Crippen LogP contribution in [0.4, 0.5) is 5.13 Å². The zero-order chi connectivity index (χ0) is 18.8. The summed E-state index contributed by atoms with van der Waals surface area (Å²) in [5, 5.41) is 6.00. The molecule has 0 saturated heterocycles. The van der Waals surface area contributed by atoms with Crippen molar-refractivity contribution in [2.45, 2.75) is 0 Å². The molecule has 0 fully saturated rings. The van der Waals surface area contributed by atoms with Crippen LogP contribution in [0.15, 0.2) is 58.3 Å².